The van der Waals surface area contributed by atoms with Crippen LogP contribution in [0.2, 0.25) is 0 Å². The van der Waals surface area contributed by atoms with Crippen molar-refractivity contribution in [2.45, 2.75) is 19.9 Å². The fourth-order valence-electron chi connectivity index (χ4n) is 1.59. The quantitative estimate of drug-likeness (QED) is 0.589. The lowest BCUT2D eigenvalue weighted by atomic mass is 10.1. The van der Waals surface area contributed by atoms with Gasteiger partial charge in [-0.2, -0.15) is 0 Å². The third-order valence-corrected chi connectivity index (χ3v) is 2.49. The van der Waals surface area contributed by atoms with Gasteiger partial charge in [0.25, 0.3) is 5.69 Å². The number of carboxylic acid groups (broad SMARTS) is 1. The fraction of sp³-hybridized carbons (Fsp3) is 0.417. The van der Waals surface area contributed by atoms with Crippen LogP contribution in [0.25, 0.3) is 0 Å². The summed E-state index contributed by atoms with van der Waals surface area (Å²) >= 11 is 0. The van der Waals surface area contributed by atoms with E-state index in [1.165, 1.54) is 0 Å². The van der Waals surface area contributed by atoms with Crippen molar-refractivity contribution in [2.24, 2.45) is 0 Å². The third kappa shape index (κ3) is 3.89. The van der Waals surface area contributed by atoms with Gasteiger partial charge < -0.3 is 15.2 Å². The highest BCUT2D eigenvalue weighted by molar-refractivity contribution is 5.90. The zero-order chi connectivity index (χ0) is 15.3. The predicted molar refractivity (Wildman–Crippen MR) is 69.6 cm³/mol. The molecule has 0 saturated heterocycles. The number of benzene rings is 1. The van der Waals surface area contributed by atoms with Gasteiger partial charge >= 0.3 is 5.97 Å². The van der Waals surface area contributed by atoms with Gasteiger partial charge in [0.15, 0.2) is 0 Å². The molecule has 1 rings (SSSR count). The number of nitrogens with zero attached hydrogens (tertiary/aromatic N) is 1. The topological polar surface area (TPSA) is 102 Å². The number of hydrogen-bond donors (Lipinski definition) is 2. The van der Waals surface area contributed by atoms with E-state index >= 15 is 0 Å². The first-order valence-corrected chi connectivity index (χ1v) is 5.92. The monoisotopic (exact) mass is 286 g/mol. The standard InChI is InChI=1S/C12H15FN2O5/c1-3-20-6-7(2)14-10-5-9(13)8(12(16)17)4-11(10)15(18)19/h4-5,7,14H,3,6H2,1-2H3,(H,16,17). The molecule has 0 bridgehead atoms. The van der Waals surface area contributed by atoms with Crippen LogP contribution in [0, 0.1) is 15.9 Å². The molecule has 0 aromatic heterocycles. The van der Waals surface area contributed by atoms with Gasteiger partial charge in [-0.3, -0.25) is 10.1 Å². The third-order valence-electron chi connectivity index (χ3n) is 2.49. The zero-order valence-electron chi connectivity index (χ0n) is 11.1. The highest BCUT2D eigenvalue weighted by Crippen LogP contribution is 2.28. The molecule has 0 fully saturated rings. The molecule has 8 heteroatoms. The van der Waals surface area contributed by atoms with Gasteiger partial charge in [-0.1, -0.05) is 0 Å². The summed E-state index contributed by atoms with van der Waals surface area (Å²) in [5.41, 5.74) is -1.31. The predicted octanol–water partition coefficient (Wildman–Crippen LogP) is 2.27. The molecule has 0 aliphatic rings. The van der Waals surface area contributed by atoms with Crippen LogP contribution in [0.4, 0.5) is 15.8 Å². The number of nitrogens with one attached hydrogen (secondary N) is 1. The Morgan fingerprint density at radius 3 is 2.75 bits per heavy atom. The molecule has 1 aromatic carbocycles. The molecule has 2 N–H and O–H groups in total. The van der Waals surface area contributed by atoms with E-state index < -0.39 is 28.0 Å². The second kappa shape index (κ2) is 6.80. The Morgan fingerprint density at radius 2 is 2.25 bits per heavy atom. The van der Waals surface area contributed by atoms with Crippen LogP contribution in [0.1, 0.15) is 24.2 Å². The number of hydrogen-bond acceptors (Lipinski definition) is 5. The molecular weight excluding hydrogens is 271 g/mol. The van der Waals surface area contributed by atoms with Crippen molar-refractivity contribution in [1.29, 1.82) is 0 Å². The Labute approximate surface area is 114 Å². The summed E-state index contributed by atoms with van der Waals surface area (Å²) in [4.78, 5) is 20.9. The van der Waals surface area contributed by atoms with Crippen molar-refractivity contribution < 1.29 is 24.0 Å². The lowest BCUT2D eigenvalue weighted by Crippen LogP contribution is -2.22. The van der Waals surface area contributed by atoms with E-state index in [-0.39, 0.29) is 18.3 Å². The van der Waals surface area contributed by atoms with Crippen LogP contribution in [-0.4, -0.2) is 35.3 Å². The van der Waals surface area contributed by atoms with Crippen molar-refractivity contribution in [3.63, 3.8) is 0 Å². The Morgan fingerprint density at radius 1 is 1.60 bits per heavy atom. The number of carbonyl (C=O) groups is 1. The zero-order valence-corrected chi connectivity index (χ0v) is 11.1. The van der Waals surface area contributed by atoms with Crippen LogP contribution in [0.15, 0.2) is 12.1 Å². The van der Waals surface area contributed by atoms with E-state index in [1.54, 1.807) is 13.8 Å². The van der Waals surface area contributed by atoms with Crippen molar-refractivity contribution in [3.8, 4) is 0 Å². The van der Waals surface area contributed by atoms with Gasteiger partial charge in [0.2, 0.25) is 0 Å². The molecule has 0 aliphatic heterocycles. The van der Waals surface area contributed by atoms with Crippen LogP contribution >= 0.6 is 0 Å². The number of ether oxygens (including phenoxy) is 1. The average molecular weight is 286 g/mol. The minimum atomic E-state index is -1.56. The molecule has 1 unspecified atom stereocenters. The summed E-state index contributed by atoms with van der Waals surface area (Å²) in [5, 5.41) is 22.4. The van der Waals surface area contributed by atoms with Crippen LogP contribution in [0.5, 0.6) is 0 Å². The fourth-order valence-corrected chi connectivity index (χ4v) is 1.59. The van der Waals surface area contributed by atoms with Crippen LogP contribution < -0.4 is 5.32 Å². The summed E-state index contributed by atoms with van der Waals surface area (Å²) in [7, 11) is 0. The van der Waals surface area contributed by atoms with Crippen molar-refractivity contribution in [2.75, 3.05) is 18.5 Å². The summed E-state index contributed by atoms with van der Waals surface area (Å²) in [6.07, 6.45) is 0. The minimum absolute atomic E-state index is 0.0790. The lowest BCUT2D eigenvalue weighted by molar-refractivity contribution is -0.384. The van der Waals surface area contributed by atoms with Gasteiger partial charge in [0.1, 0.15) is 17.1 Å². The molecule has 1 atom stereocenters. The maximum atomic E-state index is 13.6. The van der Waals surface area contributed by atoms with Gasteiger partial charge in [-0.05, 0) is 13.8 Å². The highest BCUT2D eigenvalue weighted by atomic mass is 19.1. The summed E-state index contributed by atoms with van der Waals surface area (Å²) in [6, 6.07) is 1.22. The van der Waals surface area contributed by atoms with E-state index in [2.05, 4.69) is 5.32 Å². The first-order chi connectivity index (χ1) is 9.36. The number of aromatic carboxylic acids is 1. The number of halogens is 1. The Kier molecular flexibility index (Phi) is 5.39. The summed E-state index contributed by atoms with van der Waals surface area (Å²) in [6.45, 7) is 4.29. The molecule has 0 spiro atoms. The molecule has 0 aliphatic carbocycles. The van der Waals surface area contributed by atoms with E-state index in [1.807, 2.05) is 0 Å². The first kappa shape index (κ1) is 15.8. The molecule has 110 valence electrons. The highest BCUT2D eigenvalue weighted by Gasteiger charge is 2.22. The Bertz CT molecular complexity index is 521. The lowest BCUT2D eigenvalue weighted by Gasteiger charge is -2.15. The average Bonchev–Trinajstić information content (AvgIpc) is 2.35. The van der Waals surface area contributed by atoms with E-state index in [0.717, 1.165) is 6.07 Å². The maximum Gasteiger partial charge on any atom is 0.338 e. The SMILES string of the molecule is CCOCC(C)Nc1cc(F)c(C(=O)O)cc1[N+](=O)[O-]. The van der Waals surface area contributed by atoms with Gasteiger partial charge in [0, 0.05) is 24.8 Å². The van der Waals surface area contributed by atoms with Crippen molar-refractivity contribution in [3.05, 3.63) is 33.6 Å². The molecule has 0 amide bonds. The van der Waals surface area contributed by atoms with E-state index in [9.17, 15) is 19.3 Å². The molecule has 0 saturated carbocycles. The van der Waals surface area contributed by atoms with Crippen molar-refractivity contribution >= 4 is 17.3 Å². The summed E-state index contributed by atoms with van der Waals surface area (Å²) in [5.74, 6) is -2.59. The Balaban J connectivity index is 3.09. The second-order valence-corrected chi connectivity index (χ2v) is 4.12. The minimum Gasteiger partial charge on any atom is -0.478 e. The number of carboxylic acids is 1. The van der Waals surface area contributed by atoms with E-state index in [4.69, 9.17) is 9.84 Å². The molecule has 7 nitrogen and oxygen atoms in total. The number of nitro benzene ring substituents is 1. The number of nitro groups is 1. The molecule has 20 heavy (non-hydrogen) atoms. The molecular formula is C12H15FN2O5. The normalized spacial score (nSPS) is 11.9. The molecule has 0 radical (unpaired) electrons. The molecule has 1 aromatic rings. The van der Waals surface area contributed by atoms with Crippen molar-refractivity contribution in [1.82, 2.24) is 0 Å². The van der Waals surface area contributed by atoms with Crippen LogP contribution in [-0.2, 0) is 4.74 Å². The molecule has 0 heterocycles. The van der Waals surface area contributed by atoms with E-state index in [0.29, 0.717) is 12.7 Å². The Hall–Kier alpha value is -2.22. The first-order valence-electron chi connectivity index (χ1n) is 5.92. The maximum absolute atomic E-state index is 13.6. The second-order valence-electron chi connectivity index (χ2n) is 4.12. The largest absolute Gasteiger partial charge is 0.478 e. The smallest absolute Gasteiger partial charge is 0.338 e. The van der Waals surface area contributed by atoms with Crippen LogP contribution in [0.3, 0.4) is 0 Å². The van der Waals surface area contributed by atoms with Gasteiger partial charge in [-0.25, -0.2) is 9.18 Å². The number of rotatable bonds is 7. The summed E-state index contributed by atoms with van der Waals surface area (Å²) < 4.78 is 18.7. The van der Waals surface area contributed by atoms with Gasteiger partial charge in [-0.15, -0.1) is 0 Å². The van der Waals surface area contributed by atoms with Gasteiger partial charge in [0.05, 0.1) is 11.5 Å². The number of anilines is 1.